The lowest BCUT2D eigenvalue weighted by atomic mass is 9.84. The fourth-order valence-corrected chi connectivity index (χ4v) is 3.98. The smallest absolute Gasteiger partial charge is 0.185 e. The van der Waals surface area contributed by atoms with Gasteiger partial charge in [-0.15, -0.1) is 11.3 Å². The van der Waals surface area contributed by atoms with Crippen molar-refractivity contribution in [1.29, 1.82) is 0 Å². The van der Waals surface area contributed by atoms with E-state index in [1.807, 2.05) is 18.2 Å². The maximum atomic E-state index is 12.3. The Balaban J connectivity index is 1.68. The van der Waals surface area contributed by atoms with E-state index in [0.29, 0.717) is 5.92 Å². The fraction of sp³-hybridized carbons (Fsp3) is 0.350. The maximum absolute atomic E-state index is 12.3. The molecule has 2 heteroatoms. The largest absolute Gasteiger partial charge is 0.289 e. The molecule has 3 rings (SSSR count). The zero-order valence-electron chi connectivity index (χ0n) is 13.0. The van der Waals surface area contributed by atoms with Gasteiger partial charge in [-0.2, -0.15) is 0 Å². The molecule has 1 fully saturated rings. The van der Waals surface area contributed by atoms with Crippen molar-refractivity contribution in [3.8, 4) is 0 Å². The van der Waals surface area contributed by atoms with Crippen LogP contribution in [0.25, 0.3) is 6.08 Å². The molecule has 0 spiro atoms. The molecule has 0 atom stereocenters. The number of carbonyl (C=O) groups is 1. The summed E-state index contributed by atoms with van der Waals surface area (Å²) >= 11 is 1.67. The summed E-state index contributed by atoms with van der Waals surface area (Å²) in [5, 5.41) is 2.05. The predicted octanol–water partition coefficient (Wildman–Crippen LogP) is 6.00. The number of allylic oxidation sites excluding steroid dienone is 1. The predicted molar refractivity (Wildman–Crippen MR) is 94.7 cm³/mol. The van der Waals surface area contributed by atoms with Crippen molar-refractivity contribution in [2.24, 2.45) is 0 Å². The van der Waals surface area contributed by atoms with Crippen LogP contribution in [0, 0.1) is 6.92 Å². The summed E-state index contributed by atoms with van der Waals surface area (Å²) in [5.41, 5.74) is 3.40. The molecule has 1 aliphatic carbocycles. The van der Waals surface area contributed by atoms with E-state index in [9.17, 15) is 4.79 Å². The van der Waals surface area contributed by atoms with Crippen molar-refractivity contribution in [2.75, 3.05) is 0 Å². The van der Waals surface area contributed by atoms with E-state index < -0.39 is 0 Å². The molecule has 1 saturated carbocycles. The highest BCUT2D eigenvalue weighted by Gasteiger charge is 2.15. The highest BCUT2D eigenvalue weighted by molar-refractivity contribution is 7.11. The molecule has 1 heterocycles. The quantitative estimate of drug-likeness (QED) is 0.500. The molecule has 22 heavy (non-hydrogen) atoms. The fourth-order valence-electron chi connectivity index (χ4n) is 3.16. The van der Waals surface area contributed by atoms with Gasteiger partial charge in [0, 0.05) is 10.4 Å². The third-order valence-corrected chi connectivity index (χ3v) is 5.54. The third-order valence-electron chi connectivity index (χ3n) is 4.56. The van der Waals surface area contributed by atoms with Crippen LogP contribution in [0.5, 0.6) is 0 Å². The van der Waals surface area contributed by atoms with Crippen LogP contribution in [0.15, 0.2) is 41.8 Å². The van der Waals surface area contributed by atoms with Gasteiger partial charge in [-0.25, -0.2) is 0 Å². The van der Waals surface area contributed by atoms with E-state index >= 15 is 0 Å². The standard InChI is InChI=1S/C20H22OS/c1-15-13-14-22-20(15)12-11-19(21)18-9-7-17(8-10-18)16-5-3-2-4-6-16/h7-14,16H,2-6H2,1H3. The lowest BCUT2D eigenvalue weighted by Crippen LogP contribution is -2.04. The first-order valence-electron chi connectivity index (χ1n) is 8.10. The number of thiophene rings is 1. The molecular weight excluding hydrogens is 288 g/mol. The minimum absolute atomic E-state index is 0.0861. The monoisotopic (exact) mass is 310 g/mol. The Kier molecular flexibility index (Phi) is 4.89. The van der Waals surface area contributed by atoms with Crippen LogP contribution >= 0.6 is 11.3 Å². The molecule has 0 bridgehead atoms. The first-order valence-corrected chi connectivity index (χ1v) is 8.98. The van der Waals surface area contributed by atoms with Crippen molar-refractivity contribution >= 4 is 23.2 Å². The SMILES string of the molecule is Cc1ccsc1C=CC(=O)c1ccc(C2CCCCC2)cc1. The summed E-state index contributed by atoms with van der Waals surface area (Å²) in [6, 6.07) is 10.3. The Morgan fingerprint density at radius 3 is 2.45 bits per heavy atom. The third kappa shape index (κ3) is 3.56. The number of aryl methyl sites for hydroxylation is 1. The van der Waals surface area contributed by atoms with Crippen LogP contribution in [0.1, 0.15) is 64.4 Å². The van der Waals surface area contributed by atoms with Crippen LogP contribution in [0.4, 0.5) is 0 Å². The second-order valence-corrected chi connectivity index (χ2v) is 7.07. The van der Waals surface area contributed by atoms with E-state index in [0.717, 1.165) is 10.4 Å². The maximum Gasteiger partial charge on any atom is 0.185 e. The number of hydrogen-bond donors (Lipinski definition) is 0. The summed E-state index contributed by atoms with van der Waals surface area (Å²) in [4.78, 5) is 13.4. The summed E-state index contributed by atoms with van der Waals surface area (Å²) in [6.07, 6.45) is 10.3. The van der Waals surface area contributed by atoms with Crippen molar-refractivity contribution < 1.29 is 4.79 Å². The molecule has 0 amide bonds. The highest BCUT2D eigenvalue weighted by Crippen LogP contribution is 2.32. The molecule has 1 nitrogen and oxygen atoms in total. The summed E-state index contributed by atoms with van der Waals surface area (Å²) in [7, 11) is 0. The average molecular weight is 310 g/mol. The van der Waals surface area contributed by atoms with Crippen molar-refractivity contribution in [1.82, 2.24) is 0 Å². The van der Waals surface area contributed by atoms with Crippen LogP contribution in [0.2, 0.25) is 0 Å². The van der Waals surface area contributed by atoms with Gasteiger partial charge >= 0.3 is 0 Å². The number of carbonyl (C=O) groups excluding carboxylic acids is 1. The first kappa shape index (κ1) is 15.2. The lowest BCUT2D eigenvalue weighted by Gasteiger charge is -2.21. The minimum atomic E-state index is 0.0861. The van der Waals surface area contributed by atoms with Crippen LogP contribution in [-0.4, -0.2) is 5.78 Å². The van der Waals surface area contributed by atoms with E-state index in [2.05, 4.69) is 30.5 Å². The Morgan fingerprint density at radius 2 is 1.82 bits per heavy atom. The molecule has 2 aromatic rings. The number of ketones is 1. The van der Waals surface area contributed by atoms with Gasteiger partial charge in [0.2, 0.25) is 0 Å². The van der Waals surface area contributed by atoms with E-state index in [1.165, 1.54) is 43.2 Å². The average Bonchev–Trinajstić information content (AvgIpc) is 2.99. The van der Waals surface area contributed by atoms with Gasteiger partial charge in [-0.05, 0) is 60.4 Å². The molecule has 114 valence electrons. The van der Waals surface area contributed by atoms with Crippen LogP contribution in [0.3, 0.4) is 0 Å². The van der Waals surface area contributed by atoms with Crippen molar-refractivity contribution in [3.05, 3.63) is 63.4 Å². The molecule has 1 aliphatic rings. The van der Waals surface area contributed by atoms with E-state index in [1.54, 1.807) is 17.4 Å². The van der Waals surface area contributed by atoms with Gasteiger partial charge in [0.15, 0.2) is 5.78 Å². The number of rotatable bonds is 4. The molecule has 0 N–H and O–H groups in total. The zero-order chi connectivity index (χ0) is 15.4. The molecule has 0 radical (unpaired) electrons. The van der Waals surface area contributed by atoms with Gasteiger partial charge in [-0.3, -0.25) is 4.79 Å². The number of hydrogen-bond acceptors (Lipinski definition) is 2. The molecule has 0 unspecified atom stereocenters. The normalized spacial score (nSPS) is 16.2. The second-order valence-electron chi connectivity index (χ2n) is 6.12. The van der Waals surface area contributed by atoms with E-state index in [-0.39, 0.29) is 5.78 Å². The Labute approximate surface area is 136 Å². The highest BCUT2D eigenvalue weighted by atomic mass is 32.1. The number of benzene rings is 1. The van der Waals surface area contributed by atoms with Gasteiger partial charge in [0.25, 0.3) is 0 Å². The van der Waals surface area contributed by atoms with Gasteiger partial charge in [0.05, 0.1) is 0 Å². The first-order chi connectivity index (χ1) is 10.7. The van der Waals surface area contributed by atoms with Crippen molar-refractivity contribution in [3.63, 3.8) is 0 Å². The molecular formula is C20H22OS. The Morgan fingerprint density at radius 1 is 1.09 bits per heavy atom. The Bertz CT molecular complexity index is 657. The Hall–Kier alpha value is -1.67. The zero-order valence-corrected chi connectivity index (χ0v) is 13.9. The molecule has 0 saturated heterocycles. The summed E-state index contributed by atoms with van der Waals surface area (Å²) < 4.78 is 0. The van der Waals surface area contributed by atoms with Gasteiger partial charge in [-0.1, -0.05) is 43.5 Å². The molecule has 1 aromatic carbocycles. The molecule has 0 aliphatic heterocycles. The van der Waals surface area contributed by atoms with Gasteiger partial charge in [0.1, 0.15) is 0 Å². The van der Waals surface area contributed by atoms with Crippen LogP contribution < -0.4 is 0 Å². The second kappa shape index (κ2) is 7.06. The topological polar surface area (TPSA) is 17.1 Å². The summed E-state index contributed by atoms with van der Waals surface area (Å²) in [6.45, 7) is 2.07. The van der Waals surface area contributed by atoms with E-state index in [4.69, 9.17) is 0 Å². The minimum Gasteiger partial charge on any atom is -0.289 e. The van der Waals surface area contributed by atoms with Gasteiger partial charge < -0.3 is 0 Å². The lowest BCUT2D eigenvalue weighted by molar-refractivity contribution is 0.104. The molecule has 1 aromatic heterocycles. The van der Waals surface area contributed by atoms with Crippen LogP contribution in [-0.2, 0) is 0 Å². The summed E-state index contributed by atoms with van der Waals surface area (Å²) in [5.74, 6) is 0.783. The van der Waals surface area contributed by atoms with Crippen molar-refractivity contribution in [2.45, 2.75) is 44.9 Å².